The van der Waals surface area contributed by atoms with E-state index in [4.69, 9.17) is 0 Å². The van der Waals surface area contributed by atoms with Gasteiger partial charge in [0.15, 0.2) is 0 Å². The highest BCUT2D eigenvalue weighted by atomic mass is 32.2. The zero-order valence-corrected chi connectivity index (χ0v) is 17.4. The molecule has 1 heterocycles. The van der Waals surface area contributed by atoms with Crippen molar-refractivity contribution < 1.29 is 13.2 Å². The summed E-state index contributed by atoms with van der Waals surface area (Å²) in [6, 6.07) is 15.7. The molecule has 2 N–H and O–H groups in total. The Labute approximate surface area is 168 Å². The molecule has 0 saturated carbocycles. The molecule has 2 aromatic carbocycles. The minimum Gasteiger partial charge on any atom is -0.321 e. The summed E-state index contributed by atoms with van der Waals surface area (Å²) in [5.41, 5.74) is 1.00. The minimum atomic E-state index is -3.69. The summed E-state index contributed by atoms with van der Waals surface area (Å²) in [6.45, 7) is 5.30. The van der Waals surface area contributed by atoms with Crippen LogP contribution in [0, 0.1) is 0 Å². The van der Waals surface area contributed by atoms with Crippen LogP contribution in [0.1, 0.15) is 31.3 Å². The van der Waals surface area contributed by atoms with Crippen LogP contribution in [0.2, 0.25) is 0 Å². The van der Waals surface area contributed by atoms with E-state index in [1.807, 2.05) is 30.3 Å². The Bertz CT molecular complexity index is 1090. The molecule has 0 radical (unpaired) electrons. The number of hydrogen-bond donors (Lipinski definition) is 2. The van der Waals surface area contributed by atoms with Crippen LogP contribution in [0.3, 0.4) is 0 Å². The summed E-state index contributed by atoms with van der Waals surface area (Å²) in [5, 5.41) is 5.14. The van der Waals surface area contributed by atoms with E-state index in [0.29, 0.717) is 5.69 Å². The molecule has 0 spiro atoms. The molecule has 0 aliphatic carbocycles. The number of carbonyl (C=O) groups is 1. The molecule has 0 aliphatic heterocycles. The summed E-state index contributed by atoms with van der Waals surface area (Å²) in [6.07, 6.45) is 0. The number of amides is 1. The van der Waals surface area contributed by atoms with Gasteiger partial charge in [0.05, 0.1) is 4.90 Å². The molecule has 28 heavy (non-hydrogen) atoms. The summed E-state index contributed by atoms with van der Waals surface area (Å²) in [7, 11) is -3.69. The number of anilines is 1. The maximum absolute atomic E-state index is 12.5. The van der Waals surface area contributed by atoms with Crippen molar-refractivity contribution >= 4 is 33.0 Å². The molecule has 0 unspecified atom stereocenters. The molecule has 6 nitrogen and oxygen atoms in total. The van der Waals surface area contributed by atoms with Gasteiger partial charge in [-0.15, -0.1) is 11.3 Å². The Morgan fingerprint density at radius 3 is 2.43 bits per heavy atom. The number of nitrogens with zero attached hydrogens (tertiary/aromatic N) is 1. The van der Waals surface area contributed by atoms with Crippen molar-refractivity contribution in [1.82, 2.24) is 9.71 Å². The molecule has 8 heteroatoms. The standard InChI is InChI=1S/C20H21N3O3S2/c1-20(2,3)23-28(25,26)16-11-7-10-15(12-16)21-18(24)17-13-27-19(22-17)14-8-5-4-6-9-14/h4-13,23H,1-3H3,(H,21,24). The monoisotopic (exact) mass is 415 g/mol. The highest BCUT2D eigenvalue weighted by Gasteiger charge is 2.22. The summed E-state index contributed by atoms with van der Waals surface area (Å²) >= 11 is 1.38. The van der Waals surface area contributed by atoms with Gasteiger partial charge in [0.2, 0.25) is 10.0 Å². The molecular formula is C20H21N3O3S2. The van der Waals surface area contributed by atoms with Gasteiger partial charge in [0.1, 0.15) is 10.7 Å². The van der Waals surface area contributed by atoms with Crippen LogP contribution in [-0.2, 0) is 10.0 Å². The predicted octanol–water partition coefficient (Wildman–Crippen LogP) is 4.14. The van der Waals surface area contributed by atoms with Crippen molar-refractivity contribution in [1.29, 1.82) is 0 Å². The molecule has 3 rings (SSSR count). The molecule has 0 bridgehead atoms. The quantitative estimate of drug-likeness (QED) is 0.656. The van der Waals surface area contributed by atoms with Crippen molar-refractivity contribution in [2.75, 3.05) is 5.32 Å². The first kappa shape index (κ1) is 20.2. The van der Waals surface area contributed by atoms with E-state index in [9.17, 15) is 13.2 Å². The Kier molecular flexibility index (Phi) is 5.64. The fourth-order valence-electron chi connectivity index (χ4n) is 2.49. The summed E-state index contributed by atoms with van der Waals surface area (Å²) in [5.74, 6) is -0.392. The average Bonchev–Trinajstić information content (AvgIpc) is 3.11. The van der Waals surface area contributed by atoms with Crippen LogP contribution in [0.4, 0.5) is 5.69 Å². The lowest BCUT2D eigenvalue weighted by molar-refractivity contribution is 0.102. The Hall–Kier alpha value is -2.55. The van der Waals surface area contributed by atoms with Gasteiger partial charge in [-0.25, -0.2) is 18.1 Å². The van der Waals surface area contributed by atoms with Crippen molar-refractivity contribution in [2.24, 2.45) is 0 Å². The van der Waals surface area contributed by atoms with Crippen LogP contribution in [0.25, 0.3) is 10.6 Å². The first-order chi connectivity index (χ1) is 13.1. The van der Waals surface area contributed by atoms with Crippen LogP contribution in [0.5, 0.6) is 0 Å². The molecule has 1 aromatic heterocycles. The van der Waals surface area contributed by atoms with E-state index in [2.05, 4.69) is 15.0 Å². The van der Waals surface area contributed by atoms with E-state index in [-0.39, 0.29) is 10.6 Å². The normalized spacial score (nSPS) is 12.0. The molecule has 0 atom stereocenters. The van der Waals surface area contributed by atoms with Crippen LogP contribution in [0.15, 0.2) is 64.9 Å². The number of aromatic nitrogens is 1. The third-order valence-electron chi connectivity index (χ3n) is 3.60. The fraction of sp³-hybridized carbons (Fsp3) is 0.200. The second kappa shape index (κ2) is 7.83. The van der Waals surface area contributed by atoms with Gasteiger partial charge >= 0.3 is 0 Å². The third-order valence-corrected chi connectivity index (χ3v) is 6.25. The summed E-state index contributed by atoms with van der Waals surface area (Å²) < 4.78 is 27.6. The van der Waals surface area contributed by atoms with Gasteiger partial charge in [-0.05, 0) is 39.0 Å². The van der Waals surface area contributed by atoms with E-state index < -0.39 is 21.5 Å². The Morgan fingerprint density at radius 2 is 1.75 bits per heavy atom. The van der Waals surface area contributed by atoms with E-state index in [0.717, 1.165) is 10.6 Å². The van der Waals surface area contributed by atoms with Gasteiger partial charge in [0, 0.05) is 22.2 Å². The number of benzene rings is 2. The molecule has 0 fully saturated rings. The van der Waals surface area contributed by atoms with Gasteiger partial charge < -0.3 is 5.32 Å². The second-order valence-electron chi connectivity index (χ2n) is 7.24. The molecule has 3 aromatic rings. The fourth-order valence-corrected chi connectivity index (χ4v) is 4.76. The highest BCUT2D eigenvalue weighted by molar-refractivity contribution is 7.89. The highest BCUT2D eigenvalue weighted by Crippen LogP contribution is 2.24. The number of rotatable bonds is 5. The van der Waals surface area contributed by atoms with Crippen molar-refractivity contribution in [3.05, 3.63) is 65.7 Å². The van der Waals surface area contributed by atoms with E-state index >= 15 is 0 Å². The van der Waals surface area contributed by atoms with Gasteiger partial charge in [-0.1, -0.05) is 36.4 Å². The first-order valence-electron chi connectivity index (χ1n) is 8.60. The van der Waals surface area contributed by atoms with Crippen molar-refractivity contribution in [2.45, 2.75) is 31.2 Å². The molecular weight excluding hydrogens is 394 g/mol. The smallest absolute Gasteiger partial charge is 0.275 e. The average molecular weight is 416 g/mol. The van der Waals surface area contributed by atoms with Crippen molar-refractivity contribution in [3.63, 3.8) is 0 Å². The number of nitrogens with one attached hydrogen (secondary N) is 2. The number of carbonyl (C=O) groups excluding carboxylic acids is 1. The summed E-state index contributed by atoms with van der Waals surface area (Å²) in [4.78, 5) is 17.0. The lowest BCUT2D eigenvalue weighted by Gasteiger charge is -2.20. The Morgan fingerprint density at radius 1 is 1.04 bits per heavy atom. The van der Waals surface area contributed by atoms with Gasteiger partial charge in [0.25, 0.3) is 5.91 Å². The van der Waals surface area contributed by atoms with E-state index in [1.165, 1.54) is 23.5 Å². The van der Waals surface area contributed by atoms with Crippen molar-refractivity contribution in [3.8, 4) is 10.6 Å². The lowest BCUT2D eigenvalue weighted by Crippen LogP contribution is -2.40. The third kappa shape index (κ3) is 5.03. The zero-order chi connectivity index (χ0) is 20.4. The first-order valence-corrected chi connectivity index (χ1v) is 11.0. The van der Waals surface area contributed by atoms with Gasteiger partial charge in [-0.3, -0.25) is 4.79 Å². The number of sulfonamides is 1. The second-order valence-corrected chi connectivity index (χ2v) is 9.78. The van der Waals surface area contributed by atoms with Crippen LogP contribution in [-0.4, -0.2) is 24.8 Å². The number of hydrogen-bond acceptors (Lipinski definition) is 5. The SMILES string of the molecule is CC(C)(C)NS(=O)(=O)c1cccc(NC(=O)c2csc(-c3ccccc3)n2)c1. The maximum atomic E-state index is 12.5. The Balaban J connectivity index is 1.78. The predicted molar refractivity (Wildman–Crippen MR) is 112 cm³/mol. The number of thiazole rings is 1. The van der Waals surface area contributed by atoms with Crippen LogP contribution < -0.4 is 10.0 Å². The van der Waals surface area contributed by atoms with Crippen LogP contribution >= 0.6 is 11.3 Å². The largest absolute Gasteiger partial charge is 0.321 e. The maximum Gasteiger partial charge on any atom is 0.275 e. The molecule has 1 amide bonds. The zero-order valence-electron chi connectivity index (χ0n) is 15.8. The minimum absolute atomic E-state index is 0.0866. The molecule has 0 aliphatic rings. The molecule has 0 saturated heterocycles. The lowest BCUT2D eigenvalue weighted by atomic mass is 10.1. The topological polar surface area (TPSA) is 88.2 Å². The molecule has 146 valence electrons. The van der Waals surface area contributed by atoms with E-state index in [1.54, 1.807) is 38.3 Å². The van der Waals surface area contributed by atoms with Gasteiger partial charge in [-0.2, -0.15) is 0 Å².